The van der Waals surface area contributed by atoms with Gasteiger partial charge in [0.1, 0.15) is 0 Å². The third kappa shape index (κ3) is 3.81. The summed E-state index contributed by atoms with van der Waals surface area (Å²) in [4.78, 5) is 11.3. The maximum atomic E-state index is 11.3. The molecule has 2 aromatic carbocycles. The molecule has 0 bridgehead atoms. The van der Waals surface area contributed by atoms with Gasteiger partial charge in [0.25, 0.3) is 0 Å². The van der Waals surface area contributed by atoms with Crippen LogP contribution in [0.5, 0.6) is 0 Å². The Morgan fingerprint density at radius 1 is 1.20 bits per heavy atom. The third-order valence-electron chi connectivity index (χ3n) is 3.31. The predicted molar refractivity (Wildman–Crippen MR) is 81.7 cm³/mol. The highest BCUT2D eigenvalue weighted by Crippen LogP contribution is 2.19. The molecule has 0 spiro atoms. The average molecular weight is 271 g/mol. The second-order valence-corrected chi connectivity index (χ2v) is 4.93. The highest BCUT2D eigenvalue weighted by Gasteiger charge is 2.08. The number of esters is 1. The lowest BCUT2D eigenvalue weighted by molar-refractivity contribution is -0.142. The normalized spacial score (nSPS) is 12.3. The van der Waals surface area contributed by atoms with Crippen LogP contribution in [0.25, 0.3) is 10.8 Å². The summed E-state index contributed by atoms with van der Waals surface area (Å²) in [6.07, 6.45) is 0.890. The first-order chi connectivity index (χ1) is 9.70. The molecule has 0 radical (unpaired) electrons. The quantitative estimate of drug-likeness (QED) is 0.821. The van der Waals surface area contributed by atoms with Crippen LogP contribution < -0.4 is 5.32 Å². The van der Waals surface area contributed by atoms with E-state index in [1.54, 1.807) is 0 Å². The number of carbonyl (C=O) groups excluding carboxylic acids is 1. The molecule has 0 saturated heterocycles. The van der Waals surface area contributed by atoms with Gasteiger partial charge in [-0.05, 0) is 36.6 Å². The van der Waals surface area contributed by atoms with E-state index in [2.05, 4.69) is 54.7 Å². The van der Waals surface area contributed by atoms with Crippen LogP contribution in [0.3, 0.4) is 0 Å². The molecule has 2 rings (SSSR count). The minimum absolute atomic E-state index is 0.197. The Morgan fingerprint density at radius 3 is 2.75 bits per heavy atom. The van der Waals surface area contributed by atoms with Crippen molar-refractivity contribution >= 4 is 16.7 Å². The molecule has 0 aliphatic heterocycles. The van der Waals surface area contributed by atoms with Crippen molar-refractivity contribution in [1.82, 2.24) is 5.32 Å². The number of hydrogen-bond acceptors (Lipinski definition) is 3. The lowest BCUT2D eigenvalue weighted by atomic mass is 9.99. The van der Waals surface area contributed by atoms with Crippen molar-refractivity contribution in [2.75, 3.05) is 13.2 Å². The van der Waals surface area contributed by atoms with E-state index < -0.39 is 0 Å². The molecular formula is C17H21NO2. The number of hydrogen-bond donors (Lipinski definition) is 1. The number of rotatable bonds is 6. The molecule has 0 aliphatic rings. The summed E-state index contributed by atoms with van der Waals surface area (Å²) in [5, 5.41) is 5.74. The topological polar surface area (TPSA) is 38.3 Å². The lowest BCUT2D eigenvalue weighted by Gasteiger charge is -2.14. The molecule has 0 fully saturated rings. The molecule has 0 amide bonds. The molecule has 0 saturated carbocycles. The maximum Gasteiger partial charge on any atom is 0.319 e. The number of ether oxygens (including phenoxy) is 1. The van der Waals surface area contributed by atoms with Crippen LogP contribution in [-0.2, 0) is 16.0 Å². The molecule has 3 nitrogen and oxygen atoms in total. The fraction of sp³-hybridized carbons (Fsp3) is 0.353. The Bertz CT molecular complexity index is 575. The van der Waals surface area contributed by atoms with E-state index in [0.29, 0.717) is 6.61 Å². The fourth-order valence-corrected chi connectivity index (χ4v) is 2.34. The molecule has 0 unspecified atom stereocenters. The minimum atomic E-state index is -0.197. The molecule has 2 aromatic rings. The molecule has 0 heterocycles. The summed E-state index contributed by atoms with van der Waals surface area (Å²) in [5.74, 6) is -0.197. The molecule has 106 valence electrons. The summed E-state index contributed by atoms with van der Waals surface area (Å²) in [6, 6.07) is 14.9. The van der Waals surface area contributed by atoms with Gasteiger partial charge in [-0.25, -0.2) is 0 Å². The zero-order chi connectivity index (χ0) is 14.4. The monoisotopic (exact) mass is 271 g/mol. The van der Waals surface area contributed by atoms with Crippen LogP contribution in [0.4, 0.5) is 0 Å². The largest absolute Gasteiger partial charge is 0.465 e. The smallest absolute Gasteiger partial charge is 0.319 e. The van der Waals surface area contributed by atoms with Crippen LogP contribution >= 0.6 is 0 Å². The molecule has 1 N–H and O–H groups in total. The Balaban J connectivity index is 1.99. The van der Waals surface area contributed by atoms with Crippen molar-refractivity contribution in [1.29, 1.82) is 0 Å². The summed E-state index contributed by atoms with van der Waals surface area (Å²) >= 11 is 0. The van der Waals surface area contributed by atoms with E-state index in [9.17, 15) is 4.79 Å². The van der Waals surface area contributed by atoms with Gasteiger partial charge in [-0.3, -0.25) is 4.79 Å². The van der Waals surface area contributed by atoms with Crippen LogP contribution in [0.15, 0.2) is 42.5 Å². The summed E-state index contributed by atoms with van der Waals surface area (Å²) in [5.41, 5.74) is 1.30. The molecular weight excluding hydrogens is 250 g/mol. The van der Waals surface area contributed by atoms with Crippen LogP contribution in [0, 0.1) is 0 Å². The highest BCUT2D eigenvalue weighted by atomic mass is 16.5. The average Bonchev–Trinajstić information content (AvgIpc) is 2.46. The molecule has 1 atom stereocenters. The van der Waals surface area contributed by atoms with Gasteiger partial charge in [0.05, 0.1) is 13.2 Å². The first-order valence-corrected chi connectivity index (χ1v) is 7.06. The molecule has 0 aromatic heterocycles. The van der Waals surface area contributed by atoms with Crippen LogP contribution in [0.1, 0.15) is 19.4 Å². The van der Waals surface area contributed by atoms with Crippen LogP contribution in [-0.4, -0.2) is 25.2 Å². The van der Waals surface area contributed by atoms with E-state index >= 15 is 0 Å². The lowest BCUT2D eigenvalue weighted by Crippen LogP contribution is -2.33. The van der Waals surface area contributed by atoms with E-state index in [0.717, 1.165) is 6.42 Å². The molecule has 3 heteroatoms. The van der Waals surface area contributed by atoms with Gasteiger partial charge in [0.2, 0.25) is 0 Å². The van der Waals surface area contributed by atoms with Crippen molar-refractivity contribution < 1.29 is 9.53 Å². The SMILES string of the molecule is CCOC(=O)CN[C@H](C)Cc1cccc2ccccc12. The Kier molecular flexibility index (Phi) is 5.13. The van der Waals surface area contributed by atoms with Gasteiger partial charge >= 0.3 is 5.97 Å². The first kappa shape index (κ1) is 14.5. The Labute approximate surface area is 119 Å². The van der Waals surface area contributed by atoms with E-state index in [1.807, 2.05) is 6.92 Å². The van der Waals surface area contributed by atoms with Crippen LogP contribution in [0.2, 0.25) is 0 Å². The molecule has 0 aliphatic carbocycles. The van der Waals surface area contributed by atoms with Gasteiger partial charge in [0.15, 0.2) is 0 Å². The fourth-order valence-electron chi connectivity index (χ4n) is 2.34. The van der Waals surface area contributed by atoms with Crippen molar-refractivity contribution in [3.05, 3.63) is 48.0 Å². The number of fused-ring (bicyclic) bond motifs is 1. The van der Waals surface area contributed by atoms with Gasteiger partial charge < -0.3 is 10.1 Å². The second-order valence-electron chi connectivity index (χ2n) is 4.93. The van der Waals surface area contributed by atoms with Gasteiger partial charge in [-0.2, -0.15) is 0 Å². The summed E-state index contributed by atoms with van der Waals surface area (Å²) in [6.45, 7) is 4.59. The van der Waals surface area contributed by atoms with Gasteiger partial charge in [-0.1, -0.05) is 42.5 Å². The van der Waals surface area contributed by atoms with Crippen molar-refractivity contribution in [3.63, 3.8) is 0 Å². The Hall–Kier alpha value is -1.87. The second kappa shape index (κ2) is 7.06. The minimum Gasteiger partial charge on any atom is -0.465 e. The summed E-state index contributed by atoms with van der Waals surface area (Å²) in [7, 11) is 0. The zero-order valence-electron chi connectivity index (χ0n) is 12.1. The third-order valence-corrected chi connectivity index (χ3v) is 3.31. The maximum absolute atomic E-state index is 11.3. The van der Waals surface area contributed by atoms with E-state index in [-0.39, 0.29) is 18.6 Å². The van der Waals surface area contributed by atoms with Gasteiger partial charge in [0, 0.05) is 6.04 Å². The van der Waals surface area contributed by atoms with Crippen molar-refractivity contribution in [2.24, 2.45) is 0 Å². The van der Waals surface area contributed by atoms with Crippen molar-refractivity contribution in [2.45, 2.75) is 26.3 Å². The Morgan fingerprint density at radius 2 is 1.95 bits per heavy atom. The molecule has 20 heavy (non-hydrogen) atoms. The van der Waals surface area contributed by atoms with Gasteiger partial charge in [-0.15, -0.1) is 0 Å². The predicted octanol–water partition coefficient (Wildman–Crippen LogP) is 2.92. The van der Waals surface area contributed by atoms with E-state index in [1.165, 1.54) is 16.3 Å². The standard InChI is InChI=1S/C17H21NO2/c1-3-20-17(19)12-18-13(2)11-15-9-6-8-14-7-4-5-10-16(14)15/h4-10,13,18H,3,11-12H2,1-2H3/t13-/m1/s1. The number of nitrogens with one attached hydrogen (secondary N) is 1. The highest BCUT2D eigenvalue weighted by molar-refractivity contribution is 5.85. The number of carbonyl (C=O) groups is 1. The summed E-state index contributed by atoms with van der Waals surface area (Å²) < 4.78 is 4.91. The number of benzene rings is 2. The zero-order valence-corrected chi connectivity index (χ0v) is 12.1. The van der Waals surface area contributed by atoms with Crippen molar-refractivity contribution in [3.8, 4) is 0 Å². The first-order valence-electron chi connectivity index (χ1n) is 7.06. The van der Waals surface area contributed by atoms with E-state index in [4.69, 9.17) is 4.74 Å².